The fourth-order valence-corrected chi connectivity index (χ4v) is 9.79. The number of nitrogens with zero attached hydrogens (tertiary/aromatic N) is 2. The molecule has 2 aliphatic rings. The molecule has 11 rings (SSSR count). The summed E-state index contributed by atoms with van der Waals surface area (Å²) in [6.07, 6.45) is 0. The van der Waals surface area contributed by atoms with Crippen LogP contribution >= 0.6 is 0 Å². The summed E-state index contributed by atoms with van der Waals surface area (Å²) >= 11 is 0. The van der Waals surface area contributed by atoms with Crippen molar-refractivity contribution >= 4 is 83.7 Å². The molecule has 0 amide bonds. The van der Waals surface area contributed by atoms with Gasteiger partial charge in [-0.05, 0) is 103 Å². The molecule has 0 spiro atoms. The highest BCUT2D eigenvalue weighted by Crippen LogP contribution is 2.49. The average molecular weight is 727 g/mol. The lowest BCUT2D eigenvalue weighted by Crippen LogP contribution is -2.61. The monoisotopic (exact) mass is 726 g/mol. The number of hydrogen-bond donors (Lipinski definition) is 0. The van der Waals surface area contributed by atoms with Crippen molar-refractivity contribution in [2.24, 2.45) is 0 Å². The van der Waals surface area contributed by atoms with E-state index in [1.807, 2.05) is 0 Å². The van der Waals surface area contributed by atoms with Gasteiger partial charge in [0.2, 0.25) is 0 Å². The largest absolute Gasteiger partial charge is 0.454 e. The van der Waals surface area contributed by atoms with Gasteiger partial charge in [-0.1, -0.05) is 135 Å². The normalized spacial score (nSPS) is 14.1. The minimum atomic E-state index is -0.111. The Morgan fingerprint density at radius 2 is 1.16 bits per heavy atom. The van der Waals surface area contributed by atoms with Gasteiger partial charge in [0.1, 0.15) is 5.58 Å². The summed E-state index contributed by atoms with van der Waals surface area (Å²) in [5, 5.41) is 7.47. The Kier molecular flexibility index (Phi) is 6.58. The SMILES string of the molecule is CC(C)(C)c1ccc2c(c1)-c1cc3ccccc3c3c1B(c1cc(C(C)(C)C)cc4c5cc(C(C)(C)C)ccc5n-3c14)N2c1cccc2c1oc1ccccc12. The van der Waals surface area contributed by atoms with Crippen LogP contribution < -0.4 is 15.7 Å². The van der Waals surface area contributed by atoms with Crippen LogP contribution in [0.15, 0.2) is 126 Å². The van der Waals surface area contributed by atoms with Gasteiger partial charge in [-0.15, -0.1) is 0 Å². The van der Waals surface area contributed by atoms with Gasteiger partial charge in [0, 0.05) is 38.2 Å². The molecule has 0 saturated heterocycles. The van der Waals surface area contributed by atoms with Crippen molar-refractivity contribution in [2.75, 3.05) is 4.81 Å². The lowest BCUT2D eigenvalue weighted by atomic mass is 9.43. The average Bonchev–Trinajstić information content (AvgIpc) is 3.71. The highest BCUT2D eigenvalue weighted by Gasteiger charge is 2.46. The number of furan rings is 1. The summed E-state index contributed by atoms with van der Waals surface area (Å²) < 4.78 is 9.53. The first-order chi connectivity index (χ1) is 26.7. The quantitative estimate of drug-likeness (QED) is 0.157. The maximum Gasteiger partial charge on any atom is 0.333 e. The molecular weight excluding hydrogens is 679 g/mol. The van der Waals surface area contributed by atoms with E-state index >= 15 is 0 Å². The summed E-state index contributed by atoms with van der Waals surface area (Å²) in [7, 11) is 0. The molecule has 0 aliphatic carbocycles. The van der Waals surface area contributed by atoms with E-state index < -0.39 is 0 Å². The van der Waals surface area contributed by atoms with Crippen LogP contribution in [0.2, 0.25) is 0 Å². The third-order valence-electron chi connectivity index (χ3n) is 12.8. The fourth-order valence-electron chi connectivity index (χ4n) is 9.79. The van der Waals surface area contributed by atoms with Gasteiger partial charge in [-0.2, -0.15) is 0 Å². The van der Waals surface area contributed by atoms with Crippen molar-refractivity contribution < 1.29 is 4.42 Å². The molecule has 4 heteroatoms. The number of rotatable bonds is 1. The highest BCUT2D eigenvalue weighted by atomic mass is 16.3. The molecule has 2 aliphatic heterocycles. The topological polar surface area (TPSA) is 21.3 Å². The Hall–Kier alpha value is -5.74. The van der Waals surface area contributed by atoms with E-state index in [0.29, 0.717) is 0 Å². The van der Waals surface area contributed by atoms with Gasteiger partial charge in [-0.25, -0.2) is 0 Å². The van der Waals surface area contributed by atoms with E-state index in [-0.39, 0.29) is 23.1 Å². The van der Waals surface area contributed by atoms with Crippen molar-refractivity contribution in [1.29, 1.82) is 0 Å². The predicted octanol–water partition coefficient (Wildman–Crippen LogP) is 13.0. The molecule has 0 fully saturated rings. The molecule has 0 unspecified atom stereocenters. The second-order valence-corrected chi connectivity index (χ2v) is 19.4. The maximum absolute atomic E-state index is 6.90. The fraction of sp³-hybridized carbons (Fsp3) is 0.231. The molecule has 0 bridgehead atoms. The second kappa shape index (κ2) is 11.0. The predicted molar refractivity (Wildman–Crippen MR) is 241 cm³/mol. The lowest BCUT2D eigenvalue weighted by Gasteiger charge is -2.43. The number of hydrogen-bond acceptors (Lipinski definition) is 2. The molecule has 56 heavy (non-hydrogen) atoms. The molecular formula is C52H47BN2O. The molecule has 2 aromatic heterocycles. The number of aromatic nitrogens is 1. The van der Waals surface area contributed by atoms with Crippen LogP contribution in [0.1, 0.15) is 79.0 Å². The van der Waals surface area contributed by atoms with Crippen molar-refractivity contribution in [3.05, 3.63) is 138 Å². The molecule has 7 aromatic carbocycles. The van der Waals surface area contributed by atoms with Crippen molar-refractivity contribution in [3.63, 3.8) is 0 Å². The molecule has 3 nitrogen and oxygen atoms in total. The van der Waals surface area contributed by atoms with Crippen LogP contribution in [0.5, 0.6) is 0 Å². The minimum absolute atomic E-state index is 0.0188. The molecule has 4 heterocycles. The zero-order valence-electron chi connectivity index (χ0n) is 33.9. The van der Waals surface area contributed by atoms with Gasteiger partial charge >= 0.3 is 6.85 Å². The van der Waals surface area contributed by atoms with Crippen LogP contribution in [0.3, 0.4) is 0 Å². The van der Waals surface area contributed by atoms with Crippen LogP contribution in [0.25, 0.3) is 71.3 Å². The van der Waals surface area contributed by atoms with E-state index in [1.54, 1.807) is 0 Å². The van der Waals surface area contributed by atoms with E-state index in [1.165, 1.54) is 82.7 Å². The molecule has 0 saturated carbocycles. The molecule has 9 aromatic rings. The minimum Gasteiger partial charge on any atom is -0.454 e. The van der Waals surface area contributed by atoms with E-state index in [4.69, 9.17) is 4.42 Å². The Labute approximate surface area is 329 Å². The van der Waals surface area contributed by atoms with Crippen LogP contribution in [0.4, 0.5) is 11.4 Å². The third-order valence-corrected chi connectivity index (χ3v) is 12.8. The highest BCUT2D eigenvalue weighted by molar-refractivity contribution is 6.94. The van der Waals surface area contributed by atoms with Crippen LogP contribution in [-0.4, -0.2) is 11.4 Å². The Balaban J connectivity index is 1.37. The van der Waals surface area contributed by atoms with Crippen LogP contribution in [-0.2, 0) is 16.2 Å². The third kappa shape index (κ3) is 4.53. The zero-order valence-corrected chi connectivity index (χ0v) is 33.9. The summed E-state index contributed by atoms with van der Waals surface area (Å²) in [5.74, 6) is 0. The summed E-state index contributed by atoms with van der Waals surface area (Å²) in [4.78, 5) is 2.63. The molecule has 274 valence electrons. The lowest BCUT2D eigenvalue weighted by molar-refractivity contribution is 0.590. The van der Waals surface area contributed by atoms with E-state index in [9.17, 15) is 0 Å². The van der Waals surface area contributed by atoms with Crippen molar-refractivity contribution in [3.8, 4) is 16.8 Å². The second-order valence-electron chi connectivity index (χ2n) is 19.4. The standard InChI is InChI=1S/C52H47BN2O/c1-50(2,3)31-21-23-42-38(27-31)40-28-33(52(7,8)9)29-41-47(40)54(42)48-34-16-11-10-15-30(34)25-39-37-26-32(51(4,5)6)22-24-43(37)55(53(41)46(39)48)44-19-14-18-36-35-17-12-13-20-45(35)56-49(36)44/h10-29H,1-9H3. The number of para-hydroxylation sites is 2. The zero-order chi connectivity index (χ0) is 38.6. The Morgan fingerprint density at radius 1 is 0.500 bits per heavy atom. The number of fused-ring (bicyclic) bond motifs is 12. The first kappa shape index (κ1) is 33.6. The number of anilines is 2. The molecule has 0 N–H and O–H groups in total. The molecule has 0 radical (unpaired) electrons. The number of benzene rings is 7. The van der Waals surface area contributed by atoms with E-state index in [0.717, 1.165) is 27.6 Å². The van der Waals surface area contributed by atoms with Crippen molar-refractivity contribution in [2.45, 2.75) is 78.6 Å². The first-order valence-corrected chi connectivity index (χ1v) is 20.2. The van der Waals surface area contributed by atoms with Gasteiger partial charge in [0.05, 0.1) is 22.4 Å². The van der Waals surface area contributed by atoms with Gasteiger partial charge in [-0.3, -0.25) is 0 Å². The Bertz CT molecular complexity index is 3160. The molecule has 0 atom stereocenters. The van der Waals surface area contributed by atoms with Crippen molar-refractivity contribution in [1.82, 2.24) is 4.57 Å². The first-order valence-electron chi connectivity index (χ1n) is 20.2. The Morgan fingerprint density at radius 3 is 1.93 bits per heavy atom. The van der Waals surface area contributed by atoms with Gasteiger partial charge in [0.25, 0.3) is 0 Å². The maximum atomic E-state index is 6.90. The summed E-state index contributed by atoms with van der Waals surface area (Å²) in [6.45, 7) is 20.9. The van der Waals surface area contributed by atoms with E-state index in [2.05, 4.69) is 193 Å². The summed E-state index contributed by atoms with van der Waals surface area (Å²) in [5.41, 5.74) is 17.2. The summed E-state index contributed by atoms with van der Waals surface area (Å²) in [6, 6.07) is 46.2. The van der Waals surface area contributed by atoms with Gasteiger partial charge in [0.15, 0.2) is 5.58 Å². The van der Waals surface area contributed by atoms with Gasteiger partial charge < -0.3 is 13.8 Å². The van der Waals surface area contributed by atoms with Crippen LogP contribution in [0, 0.1) is 0 Å². The smallest absolute Gasteiger partial charge is 0.333 e.